The van der Waals surface area contributed by atoms with E-state index in [1.165, 1.54) is 6.92 Å². The smallest absolute Gasteiger partial charge is 0.308 e. The van der Waals surface area contributed by atoms with Gasteiger partial charge in [-0.05, 0) is 19.3 Å². The largest absolute Gasteiger partial charge is 0.463 e. The van der Waals surface area contributed by atoms with Crippen LogP contribution in [0, 0.1) is 11.8 Å². The van der Waals surface area contributed by atoms with E-state index >= 15 is 0 Å². The van der Waals surface area contributed by atoms with Crippen LogP contribution in [0.2, 0.25) is 0 Å². The van der Waals surface area contributed by atoms with Crippen LogP contribution in [0.3, 0.4) is 0 Å². The second kappa shape index (κ2) is 8.46. The van der Waals surface area contributed by atoms with E-state index in [9.17, 15) is 24.9 Å². The summed E-state index contributed by atoms with van der Waals surface area (Å²) in [6.45, 7) is 2.94. The summed E-state index contributed by atoms with van der Waals surface area (Å²) in [5.41, 5.74) is 0. The number of carbonyl (C=O) groups excluding carboxylic acids is 2. The van der Waals surface area contributed by atoms with Gasteiger partial charge in [0.2, 0.25) is 0 Å². The van der Waals surface area contributed by atoms with Crippen molar-refractivity contribution in [1.29, 1.82) is 0 Å². The Morgan fingerprint density at radius 2 is 1.71 bits per heavy atom. The highest BCUT2D eigenvalue weighted by atomic mass is 16.5. The second-order valence-corrected chi connectivity index (χ2v) is 5.97. The highest BCUT2D eigenvalue weighted by Crippen LogP contribution is 2.18. The van der Waals surface area contributed by atoms with E-state index in [2.05, 4.69) is 0 Å². The highest BCUT2D eigenvalue weighted by Gasteiger charge is 2.30. The van der Waals surface area contributed by atoms with E-state index in [-0.39, 0.29) is 24.7 Å². The number of hydrogen-bond acceptors (Lipinski definition) is 6. The molecule has 0 radical (unpaired) electrons. The van der Waals surface area contributed by atoms with Crippen molar-refractivity contribution in [3.8, 4) is 0 Å². The SMILES string of the molecule is CC1CCCC(O)CCC(=O)C(C)C(O)C(O)COC1=O. The zero-order valence-corrected chi connectivity index (χ0v) is 12.7. The molecule has 5 unspecified atom stereocenters. The Balaban J connectivity index is 2.72. The van der Waals surface area contributed by atoms with Gasteiger partial charge in [0.15, 0.2) is 0 Å². The Kier molecular flexibility index (Phi) is 7.28. The van der Waals surface area contributed by atoms with Gasteiger partial charge in [0.25, 0.3) is 0 Å². The minimum atomic E-state index is -1.28. The molecule has 6 nitrogen and oxygen atoms in total. The van der Waals surface area contributed by atoms with Crippen molar-refractivity contribution in [3.63, 3.8) is 0 Å². The molecule has 1 fully saturated rings. The van der Waals surface area contributed by atoms with Crippen LogP contribution in [0.4, 0.5) is 0 Å². The average Bonchev–Trinajstić information content (AvgIpc) is 2.47. The summed E-state index contributed by atoms with van der Waals surface area (Å²) < 4.78 is 4.97. The molecule has 1 saturated heterocycles. The molecule has 1 aliphatic heterocycles. The molecule has 0 aromatic heterocycles. The van der Waals surface area contributed by atoms with Crippen LogP contribution in [0.5, 0.6) is 0 Å². The first-order chi connectivity index (χ1) is 9.82. The quantitative estimate of drug-likeness (QED) is 0.560. The molecule has 21 heavy (non-hydrogen) atoms. The van der Waals surface area contributed by atoms with E-state index in [1.807, 2.05) is 0 Å². The predicted octanol–water partition coefficient (Wildman–Crippen LogP) is 0.418. The van der Waals surface area contributed by atoms with Crippen molar-refractivity contribution in [2.45, 2.75) is 64.3 Å². The average molecular weight is 302 g/mol. The summed E-state index contributed by atoms with van der Waals surface area (Å²) in [7, 11) is 0. The summed E-state index contributed by atoms with van der Waals surface area (Å²) in [6, 6.07) is 0. The van der Waals surface area contributed by atoms with Crippen LogP contribution in [-0.4, -0.2) is 52.0 Å². The van der Waals surface area contributed by atoms with Crippen molar-refractivity contribution >= 4 is 11.8 Å². The van der Waals surface area contributed by atoms with Crippen LogP contribution in [0.1, 0.15) is 46.0 Å². The number of Topliss-reactive ketones (excluding diaryl/α,β-unsaturated/α-hetero) is 1. The molecular weight excluding hydrogens is 276 g/mol. The number of carbonyl (C=O) groups is 2. The first kappa shape index (κ1) is 18.1. The van der Waals surface area contributed by atoms with Crippen molar-refractivity contribution in [2.24, 2.45) is 11.8 Å². The van der Waals surface area contributed by atoms with E-state index in [0.717, 1.165) is 0 Å². The number of hydrogen-bond donors (Lipinski definition) is 3. The molecule has 0 aliphatic carbocycles. The van der Waals surface area contributed by atoms with Gasteiger partial charge in [0.05, 0.1) is 18.1 Å². The van der Waals surface area contributed by atoms with Crippen molar-refractivity contribution in [2.75, 3.05) is 6.61 Å². The lowest BCUT2D eigenvalue weighted by molar-refractivity contribution is -0.155. The van der Waals surface area contributed by atoms with Gasteiger partial charge < -0.3 is 20.1 Å². The van der Waals surface area contributed by atoms with Crippen molar-refractivity contribution < 1.29 is 29.6 Å². The fraction of sp³-hybridized carbons (Fsp3) is 0.867. The molecule has 1 heterocycles. The molecular formula is C15H26O6. The monoisotopic (exact) mass is 302 g/mol. The van der Waals surface area contributed by atoms with E-state index in [0.29, 0.717) is 25.7 Å². The Bertz CT molecular complexity index is 356. The molecule has 0 aromatic carbocycles. The molecule has 3 N–H and O–H groups in total. The lowest BCUT2D eigenvalue weighted by Gasteiger charge is -2.24. The maximum Gasteiger partial charge on any atom is 0.308 e. The first-order valence-electron chi connectivity index (χ1n) is 7.56. The van der Waals surface area contributed by atoms with Crippen LogP contribution < -0.4 is 0 Å². The van der Waals surface area contributed by atoms with Crippen LogP contribution in [0.25, 0.3) is 0 Å². The first-order valence-corrected chi connectivity index (χ1v) is 7.56. The standard InChI is InChI=1S/C15H26O6/c1-9-4-3-5-11(16)6-7-12(17)10(2)14(19)13(18)8-21-15(9)20/h9-11,13-14,16,18-19H,3-8H2,1-2H3. The summed E-state index contributed by atoms with van der Waals surface area (Å²) in [5.74, 6) is -1.72. The van der Waals surface area contributed by atoms with E-state index < -0.39 is 30.2 Å². The minimum Gasteiger partial charge on any atom is -0.463 e. The Morgan fingerprint density at radius 3 is 2.38 bits per heavy atom. The third-order valence-corrected chi connectivity index (χ3v) is 4.11. The number of ether oxygens (including phenoxy) is 1. The minimum absolute atomic E-state index is 0.168. The summed E-state index contributed by atoms with van der Waals surface area (Å²) in [6.07, 6.45) is -0.856. The normalized spacial score (nSPS) is 37.7. The van der Waals surface area contributed by atoms with Crippen LogP contribution >= 0.6 is 0 Å². The van der Waals surface area contributed by atoms with E-state index in [1.54, 1.807) is 6.92 Å². The number of cyclic esters (lactones) is 1. The van der Waals surface area contributed by atoms with Crippen molar-refractivity contribution in [3.05, 3.63) is 0 Å². The summed E-state index contributed by atoms with van der Waals surface area (Å²) in [4.78, 5) is 23.6. The van der Waals surface area contributed by atoms with E-state index in [4.69, 9.17) is 4.74 Å². The maximum atomic E-state index is 11.9. The van der Waals surface area contributed by atoms with Crippen LogP contribution in [0.15, 0.2) is 0 Å². The lowest BCUT2D eigenvalue weighted by Crippen LogP contribution is -2.40. The molecule has 0 spiro atoms. The van der Waals surface area contributed by atoms with Gasteiger partial charge in [-0.1, -0.05) is 20.3 Å². The number of ketones is 1. The fourth-order valence-corrected chi connectivity index (χ4v) is 2.39. The van der Waals surface area contributed by atoms with Gasteiger partial charge in [0.1, 0.15) is 18.5 Å². The second-order valence-electron chi connectivity index (χ2n) is 5.97. The molecule has 0 bridgehead atoms. The van der Waals surface area contributed by atoms with Crippen LogP contribution in [-0.2, 0) is 14.3 Å². The number of esters is 1. The molecule has 0 amide bonds. The fourth-order valence-electron chi connectivity index (χ4n) is 2.39. The van der Waals surface area contributed by atoms with Crippen molar-refractivity contribution in [1.82, 2.24) is 0 Å². The van der Waals surface area contributed by atoms with Gasteiger partial charge in [-0.3, -0.25) is 9.59 Å². The predicted molar refractivity (Wildman–Crippen MR) is 75.4 cm³/mol. The zero-order valence-electron chi connectivity index (χ0n) is 12.7. The molecule has 6 heteroatoms. The summed E-state index contributed by atoms with van der Waals surface area (Å²) >= 11 is 0. The van der Waals surface area contributed by atoms with Gasteiger partial charge in [-0.25, -0.2) is 0 Å². The highest BCUT2D eigenvalue weighted by molar-refractivity contribution is 5.81. The lowest BCUT2D eigenvalue weighted by atomic mass is 9.91. The van der Waals surface area contributed by atoms with Gasteiger partial charge in [0, 0.05) is 12.3 Å². The molecule has 122 valence electrons. The Hall–Kier alpha value is -0.980. The topological polar surface area (TPSA) is 104 Å². The third-order valence-electron chi connectivity index (χ3n) is 4.11. The Labute approximate surface area is 125 Å². The van der Waals surface area contributed by atoms with Gasteiger partial charge in [-0.15, -0.1) is 0 Å². The molecule has 1 aliphatic rings. The third kappa shape index (κ3) is 5.73. The zero-order chi connectivity index (χ0) is 16.0. The Morgan fingerprint density at radius 1 is 1.05 bits per heavy atom. The number of rotatable bonds is 0. The summed E-state index contributed by atoms with van der Waals surface area (Å²) in [5, 5.41) is 29.5. The van der Waals surface area contributed by atoms with Gasteiger partial charge in [-0.2, -0.15) is 0 Å². The molecule has 5 atom stereocenters. The molecule has 0 aromatic rings. The molecule has 0 saturated carbocycles. The number of aliphatic hydroxyl groups excluding tert-OH is 3. The van der Waals surface area contributed by atoms with Gasteiger partial charge >= 0.3 is 5.97 Å². The maximum absolute atomic E-state index is 11.9. The number of aliphatic hydroxyl groups is 3. The molecule has 1 rings (SSSR count).